The Morgan fingerprint density at radius 3 is 2.47 bits per heavy atom. The Kier molecular flexibility index (Phi) is 6.18. The van der Waals surface area contributed by atoms with Crippen LogP contribution in [0, 0.1) is 5.92 Å². The topological polar surface area (TPSA) is 134 Å². The van der Waals surface area contributed by atoms with Crippen LogP contribution < -0.4 is 22.1 Å². The molecule has 30 heavy (non-hydrogen) atoms. The van der Waals surface area contributed by atoms with Gasteiger partial charge in [-0.1, -0.05) is 23.7 Å². The van der Waals surface area contributed by atoms with Gasteiger partial charge in [0.1, 0.15) is 5.69 Å². The number of nitrogens with two attached hydrogens (primary N) is 2. The molecule has 162 valence electrons. The molecule has 1 heterocycles. The number of alkyl halides is 3. The minimum absolute atomic E-state index is 0.0293. The zero-order chi connectivity index (χ0) is 21.9. The van der Waals surface area contributed by atoms with E-state index >= 15 is 0 Å². The number of hydrogen-bond donors (Lipinski definition) is 5. The fourth-order valence-corrected chi connectivity index (χ4v) is 3.19. The first-order chi connectivity index (χ1) is 14.2. The van der Waals surface area contributed by atoms with Crippen LogP contribution in [-0.2, 0) is 12.7 Å². The summed E-state index contributed by atoms with van der Waals surface area (Å²) in [5, 5.41) is 18.2. The lowest BCUT2D eigenvalue weighted by Crippen LogP contribution is -2.32. The Labute approximate surface area is 171 Å². The monoisotopic (exact) mass is 423 g/mol. The third-order valence-corrected chi connectivity index (χ3v) is 5.25. The molecule has 0 aliphatic heterocycles. The van der Waals surface area contributed by atoms with Gasteiger partial charge < -0.3 is 27.3 Å². The van der Waals surface area contributed by atoms with Crippen LogP contribution in [0.5, 0.6) is 0 Å². The van der Waals surface area contributed by atoms with E-state index in [0.717, 1.165) is 25.0 Å². The van der Waals surface area contributed by atoms with Gasteiger partial charge >= 0.3 is 6.18 Å². The van der Waals surface area contributed by atoms with Crippen LogP contribution in [0.15, 0.2) is 29.4 Å². The number of anilines is 3. The van der Waals surface area contributed by atoms with E-state index in [9.17, 15) is 13.2 Å². The number of nitrogens with one attached hydrogen (secondary N) is 2. The van der Waals surface area contributed by atoms with Crippen molar-refractivity contribution < 1.29 is 18.4 Å². The first kappa shape index (κ1) is 21.5. The van der Waals surface area contributed by atoms with Gasteiger partial charge in [-0.3, -0.25) is 0 Å². The summed E-state index contributed by atoms with van der Waals surface area (Å²) in [5.74, 6) is 0.641. The second-order valence-electron chi connectivity index (χ2n) is 7.31. The molecule has 1 fully saturated rings. The molecule has 0 unspecified atom stereocenters. The number of rotatable bonds is 7. The highest BCUT2D eigenvalue weighted by atomic mass is 19.4. The van der Waals surface area contributed by atoms with Gasteiger partial charge in [0, 0.05) is 12.6 Å². The Bertz CT molecular complexity index is 912. The predicted octanol–water partition coefficient (Wildman–Crippen LogP) is 3.38. The van der Waals surface area contributed by atoms with Crippen molar-refractivity contribution in [1.82, 2.24) is 9.97 Å². The van der Waals surface area contributed by atoms with E-state index in [2.05, 4.69) is 25.8 Å². The van der Waals surface area contributed by atoms with Gasteiger partial charge in [-0.05, 0) is 43.4 Å². The number of aromatic nitrogens is 2. The van der Waals surface area contributed by atoms with Gasteiger partial charge in [0.05, 0.1) is 5.56 Å². The summed E-state index contributed by atoms with van der Waals surface area (Å²) in [6.07, 6.45) is -0.994. The molecule has 3 rings (SSSR count). The highest BCUT2D eigenvalue weighted by molar-refractivity contribution is 5.95. The van der Waals surface area contributed by atoms with Gasteiger partial charge in [-0.15, -0.1) is 0 Å². The van der Waals surface area contributed by atoms with Crippen molar-refractivity contribution in [3.05, 3.63) is 41.2 Å². The van der Waals surface area contributed by atoms with Crippen LogP contribution in [0.2, 0.25) is 0 Å². The largest absolute Gasteiger partial charge is 0.416 e. The molecule has 0 saturated heterocycles. The zero-order valence-corrected chi connectivity index (χ0v) is 16.4. The molecule has 1 aromatic carbocycles. The second-order valence-corrected chi connectivity index (χ2v) is 7.31. The van der Waals surface area contributed by atoms with Gasteiger partial charge in [-0.25, -0.2) is 9.97 Å². The number of hydrogen-bond acceptors (Lipinski definition) is 7. The number of nitrogens with zero attached hydrogens (tertiary/aromatic N) is 3. The van der Waals surface area contributed by atoms with Crippen molar-refractivity contribution in [1.29, 1.82) is 0 Å². The molecule has 1 atom stereocenters. The molecule has 2 aromatic rings. The lowest BCUT2D eigenvalue weighted by atomic mass is 9.80. The van der Waals surface area contributed by atoms with Gasteiger partial charge in [-0.2, -0.15) is 13.2 Å². The second kappa shape index (κ2) is 8.64. The van der Waals surface area contributed by atoms with Gasteiger partial charge in [0.25, 0.3) is 0 Å². The molecule has 0 spiro atoms. The van der Waals surface area contributed by atoms with E-state index in [1.807, 2.05) is 6.92 Å². The van der Waals surface area contributed by atoms with E-state index < -0.39 is 11.7 Å². The number of halogens is 3. The SMILES string of the molecule is C[C@@H](Nc1nc(/C(N)=N/O)nc(N)c1NCc1ccc(C(F)(F)F)cc1)C1CCC1. The van der Waals surface area contributed by atoms with Crippen LogP contribution in [0.25, 0.3) is 0 Å². The molecule has 0 radical (unpaired) electrons. The van der Waals surface area contributed by atoms with E-state index in [-0.39, 0.29) is 30.1 Å². The number of oxime groups is 1. The minimum atomic E-state index is -4.39. The normalized spacial score (nSPS) is 16.1. The molecule has 7 N–H and O–H groups in total. The maximum atomic E-state index is 12.7. The highest BCUT2D eigenvalue weighted by Gasteiger charge is 2.30. The van der Waals surface area contributed by atoms with Crippen LogP contribution in [0.3, 0.4) is 0 Å². The molecule has 1 aromatic heterocycles. The van der Waals surface area contributed by atoms with Crippen molar-refractivity contribution >= 4 is 23.2 Å². The molecular formula is C19H24F3N7O. The van der Waals surface area contributed by atoms with E-state index in [1.165, 1.54) is 18.6 Å². The first-order valence-electron chi connectivity index (χ1n) is 9.51. The Balaban J connectivity index is 1.82. The maximum absolute atomic E-state index is 12.7. The molecule has 0 bridgehead atoms. The molecule has 11 heteroatoms. The number of amidine groups is 1. The van der Waals surface area contributed by atoms with Crippen molar-refractivity contribution in [2.45, 2.75) is 44.9 Å². The Morgan fingerprint density at radius 1 is 1.27 bits per heavy atom. The summed E-state index contributed by atoms with van der Waals surface area (Å²) in [5.41, 5.74) is 12.0. The molecular weight excluding hydrogens is 399 g/mol. The smallest absolute Gasteiger partial charge is 0.409 e. The minimum Gasteiger partial charge on any atom is -0.409 e. The molecule has 1 aliphatic carbocycles. The molecule has 1 saturated carbocycles. The van der Waals surface area contributed by atoms with Gasteiger partial charge in [0.2, 0.25) is 11.7 Å². The first-order valence-corrected chi connectivity index (χ1v) is 9.51. The lowest BCUT2D eigenvalue weighted by molar-refractivity contribution is -0.137. The standard InChI is InChI=1S/C19H24F3N7O/c1-10(12-3-2-4-12)26-17-14(15(23)27-18(28-17)16(24)29-30)25-9-11-5-7-13(8-6-11)19(20,21)22/h5-8,10,12,25,30H,2-4,9H2,1H3,(H2,24,29)(H3,23,26,27,28)/t10-/m1/s1. The summed E-state index contributed by atoms with van der Waals surface area (Å²) in [4.78, 5) is 8.36. The third kappa shape index (κ3) is 4.84. The van der Waals surface area contributed by atoms with Crippen LogP contribution in [-0.4, -0.2) is 27.1 Å². The van der Waals surface area contributed by atoms with Crippen LogP contribution in [0.4, 0.5) is 30.5 Å². The summed E-state index contributed by atoms with van der Waals surface area (Å²) < 4.78 is 38.2. The Morgan fingerprint density at radius 2 is 1.93 bits per heavy atom. The highest BCUT2D eigenvalue weighted by Crippen LogP contribution is 2.34. The molecule has 0 amide bonds. The fraction of sp³-hybridized carbons (Fsp3) is 0.421. The average Bonchev–Trinajstić information content (AvgIpc) is 2.64. The number of benzene rings is 1. The lowest BCUT2D eigenvalue weighted by Gasteiger charge is -2.32. The van der Waals surface area contributed by atoms with Crippen LogP contribution >= 0.6 is 0 Å². The summed E-state index contributed by atoms with van der Waals surface area (Å²) >= 11 is 0. The van der Waals surface area contributed by atoms with Crippen molar-refractivity contribution in [2.24, 2.45) is 16.8 Å². The predicted molar refractivity (Wildman–Crippen MR) is 108 cm³/mol. The quantitative estimate of drug-likeness (QED) is 0.199. The summed E-state index contributed by atoms with van der Waals surface area (Å²) in [6.45, 7) is 2.24. The molecule has 1 aliphatic rings. The van der Waals surface area contributed by atoms with E-state index in [0.29, 0.717) is 23.0 Å². The Hall–Kier alpha value is -3.24. The fourth-order valence-electron chi connectivity index (χ4n) is 3.19. The zero-order valence-electron chi connectivity index (χ0n) is 16.4. The van der Waals surface area contributed by atoms with E-state index in [4.69, 9.17) is 16.7 Å². The average molecular weight is 423 g/mol. The van der Waals surface area contributed by atoms with Gasteiger partial charge in [0.15, 0.2) is 11.6 Å². The summed E-state index contributed by atoms with van der Waals surface area (Å²) in [7, 11) is 0. The van der Waals surface area contributed by atoms with E-state index in [1.54, 1.807) is 0 Å². The maximum Gasteiger partial charge on any atom is 0.416 e. The third-order valence-electron chi connectivity index (χ3n) is 5.25. The molecule has 8 nitrogen and oxygen atoms in total. The van der Waals surface area contributed by atoms with Crippen molar-refractivity contribution in [3.63, 3.8) is 0 Å². The van der Waals surface area contributed by atoms with Crippen molar-refractivity contribution in [3.8, 4) is 0 Å². The van der Waals surface area contributed by atoms with Crippen molar-refractivity contribution in [2.75, 3.05) is 16.4 Å². The van der Waals surface area contributed by atoms with Crippen LogP contribution in [0.1, 0.15) is 43.1 Å². The number of nitrogen functional groups attached to an aromatic ring is 1. The summed E-state index contributed by atoms with van der Waals surface area (Å²) in [6, 6.07) is 4.94.